The van der Waals surface area contributed by atoms with E-state index in [-0.39, 0.29) is 5.91 Å². The molecule has 1 amide bonds. The van der Waals surface area contributed by atoms with Crippen LogP contribution in [0.15, 0.2) is 72.8 Å². The molecule has 5 aromatic rings. The molecule has 0 bridgehead atoms. The summed E-state index contributed by atoms with van der Waals surface area (Å²) in [6, 6.07) is 24.1. The number of hydrogen-bond donors (Lipinski definition) is 1. The van der Waals surface area contributed by atoms with Crippen LogP contribution >= 0.6 is 11.6 Å². The van der Waals surface area contributed by atoms with E-state index >= 15 is 0 Å². The monoisotopic (exact) mass is 496 g/mol. The van der Waals surface area contributed by atoms with Crippen LogP contribution in [0.2, 0.25) is 5.02 Å². The Morgan fingerprint density at radius 1 is 0.889 bits per heavy atom. The van der Waals surface area contributed by atoms with Gasteiger partial charge in [-0.05, 0) is 68.7 Å². The van der Waals surface area contributed by atoms with Crippen molar-refractivity contribution in [2.75, 3.05) is 5.32 Å². The maximum atomic E-state index is 13.3. The van der Waals surface area contributed by atoms with E-state index in [9.17, 15) is 4.79 Å². The van der Waals surface area contributed by atoms with Gasteiger partial charge >= 0.3 is 0 Å². The van der Waals surface area contributed by atoms with E-state index in [1.165, 1.54) is 16.8 Å². The zero-order valence-electron chi connectivity index (χ0n) is 21.0. The van der Waals surface area contributed by atoms with Gasteiger partial charge in [0.1, 0.15) is 0 Å². The Morgan fingerprint density at radius 3 is 2.36 bits per heavy atom. The van der Waals surface area contributed by atoms with Gasteiger partial charge < -0.3 is 9.88 Å². The Morgan fingerprint density at radius 2 is 1.61 bits per heavy atom. The Hall–Kier alpha value is -3.83. The molecule has 0 radical (unpaired) electrons. The Kier molecular flexibility index (Phi) is 6.42. The number of aromatic nitrogens is 3. The number of benzene rings is 3. The quantitative estimate of drug-likeness (QED) is 0.273. The van der Waals surface area contributed by atoms with Crippen LogP contribution in [0.5, 0.6) is 0 Å². The standard InChI is InChI=1S/C30H29ClN4O/c1-19-21(3)34(17-23-10-6-5-7-11-23)28-15-14-24(16-26(19)28)30(36)32-29-20(2)33-35(22(29)4)18-25-12-8-9-13-27(25)31/h5-16H,17-18H2,1-4H3,(H,32,36). The van der Waals surface area contributed by atoms with Crippen molar-refractivity contribution < 1.29 is 4.79 Å². The average molecular weight is 497 g/mol. The molecule has 0 spiro atoms. The highest BCUT2D eigenvalue weighted by Gasteiger charge is 2.18. The first kappa shape index (κ1) is 23.9. The van der Waals surface area contributed by atoms with Crippen LogP contribution in [0.4, 0.5) is 5.69 Å². The summed E-state index contributed by atoms with van der Waals surface area (Å²) < 4.78 is 4.20. The average Bonchev–Trinajstić information content (AvgIpc) is 3.28. The number of amides is 1. The molecule has 0 atom stereocenters. The first-order chi connectivity index (χ1) is 17.3. The molecule has 0 saturated carbocycles. The lowest BCUT2D eigenvalue weighted by molar-refractivity contribution is 0.102. The number of nitrogens with one attached hydrogen (secondary N) is 1. The third-order valence-electron chi connectivity index (χ3n) is 6.98. The van der Waals surface area contributed by atoms with Crippen LogP contribution in [0.3, 0.4) is 0 Å². The lowest BCUT2D eigenvalue weighted by Crippen LogP contribution is -2.13. The van der Waals surface area contributed by atoms with E-state index in [4.69, 9.17) is 11.6 Å². The summed E-state index contributed by atoms with van der Waals surface area (Å²) in [4.78, 5) is 13.3. The lowest BCUT2D eigenvalue weighted by atomic mass is 10.1. The number of rotatable bonds is 6. The second-order valence-corrected chi connectivity index (χ2v) is 9.67. The van der Waals surface area contributed by atoms with Crippen LogP contribution in [-0.2, 0) is 13.1 Å². The number of fused-ring (bicyclic) bond motifs is 1. The molecular weight excluding hydrogens is 468 g/mol. The number of halogens is 1. The highest BCUT2D eigenvalue weighted by atomic mass is 35.5. The second kappa shape index (κ2) is 9.67. The molecule has 3 aromatic carbocycles. The molecule has 1 N–H and O–H groups in total. The van der Waals surface area contributed by atoms with E-state index in [1.54, 1.807) is 0 Å². The summed E-state index contributed by atoms with van der Waals surface area (Å²) in [7, 11) is 0. The van der Waals surface area contributed by atoms with Crippen LogP contribution < -0.4 is 5.32 Å². The fourth-order valence-electron chi connectivity index (χ4n) is 4.77. The van der Waals surface area contributed by atoms with Crippen molar-refractivity contribution >= 4 is 34.1 Å². The van der Waals surface area contributed by atoms with E-state index in [0.29, 0.717) is 17.1 Å². The topological polar surface area (TPSA) is 51.9 Å². The maximum absolute atomic E-state index is 13.3. The molecule has 182 valence electrons. The minimum atomic E-state index is -0.145. The largest absolute Gasteiger partial charge is 0.340 e. The Labute approximate surface area is 216 Å². The molecule has 0 fully saturated rings. The summed E-state index contributed by atoms with van der Waals surface area (Å²) in [6.45, 7) is 9.47. The molecule has 5 rings (SSSR count). The number of nitrogens with zero attached hydrogens (tertiary/aromatic N) is 3. The summed E-state index contributed by atoms with van der Waals surface area (Å²) in [6.07, 6.45) is 0. The zero-order valence-corrected chi connectivity index (χ0v) is 21.7. The van der Waals surface area contributed by atoms with E-state index in [0.717, 1.165) is 40.1 Å². The van der Waals surface area contributed by atoms with Crippen molar-refractivity contribution in [3.05, 3.63) is 117 Å². The van der Waals surface area contributed by atoms with Crippen molar-refractivity contribution in [3.63, 3.8) is 0 Å². The molecule has 36 heavy (non-hydrogen) atoms. The van der Waals surface area contributed by atoms with E-state index < -0.39 is 0 Å². The summed E-state index contributed by atoms with van der Waals surface area (Å²) in [5, 5.41) is 9.55. The third kappa shape index (κ3) is 4.42. The predicted octanol–water partition coefficient (Wildman–Crippen LogP) is 7.07. The molecule has 0 unspecified atom stereocenters. The number of carbonyl (C=O) groups excluding carboxylic acids is 1. The van der Waals surface area contributed by atoms with Crippen LogP contribution in [0, 0.1) is 27.7 Å². The molecule has 2 heterocycles. The number of carbonyl (C=O) groups is 1. The van der Waals surface area contributed by atoms with Crippen molar-refractivity contribution in [3.8, 4) is 0 Å². The van der Waals surface area contributed by atoms with Crippen LogP contribution in [-0.4, -0.2) is 20.3 Å². The van der Waals surface area contributed by atoms with Crippen molar-refractivity contribution in [2.45, 2.75) is 40.8 Å². The predicted molar refractivity (Wildman–Crippen MR) is 147 cm³/mol. The summed E-state index contributed by atoms with van der Waals surface area (Å²) in [5.74, 6) is -0.145. The minimum absolute atomic E-state index is 0.145. The summed E-state index contributed by atoms with van der Waals surface area (Å²) in [5.41, 5.74) is 8.79. The normalized spacial score (nSPS) is 11.2. The zero-order chi connectivity index (χ0) is 25.4. The smallest absolute Gasteiger partial charge is 0.255 e. The third-order valence-corrected chi connectivity index (χ3v) is 7.35. The molecule has 5 nitrogen and oxygen atoms in total. The van der Waals surface area contributed by atoms with Gasteiger partial charge in [0.2, 0.25) is 0 Å². The van der Waals surface area contributed by atoms with Gasteiger partial charge in [-0.3, -0.25) is 9.48 Å². The highest BCUT2D eigenvalue weighted by molar-refractivity contribution is 6.31. The summed E-state index contributed by atoms with van der Waals surface area (Å²) >= 11 is 6.34. The molecular formula is C30H29ClN4O. The molecule has 0 aliphatic carbocycles. The van der Waals surface area contributed by atoms with Gasteiger partial charge in [0, 0.05) is 33.7 Å². The van der Waals surface area contributed by atoms with Gasteiger partial charge in [0.25, 0.3) is 5.91 Å². The first-order valence-electron chi connectivity index (χ1n) is 12.1. The van der Waals surface area contributed by atoms with Crippen LogP contribution in [0.25, 0.3) is 10.9 Å². The van der Waals surface area contributed by atoms with Gasteiger partial charge in [-0.15, -0.1) is 0 Å². The van der Waals surface area contributed by atoms with Gasteiger partial charge in [-0.2, -0.15) is 5.10 Å². The molecule has 0 aliphatic rings. The number of anilines is 1. The van der Waals surface area contributed by atoms with E-state index in [2.05, 4.69) is 53.1 Å². The molecule has 2 aromatic heterocycles. The lowest BCUT2D eigenvalue weighted by Gasteiger charge is -2.10. The molecule has 6 heteroatoms. The number of aryl methyl sites for hydroxylation is 2. The fraction of sp³-hybridized carbons (Fsp3) is 0.200. The molecule has 0 aliphatic heterocycles. The minimum Gasteiger partial charge on any atom is -0.340 e. The van der Waals surface area contributed by atoms with Crippen molar-refractivity contribution in [1.29, 1.82) is 0 Å². The SMILES string of the molecule is Cc1nn(Cc2ccccc2Cl)c(C)c1NC(=O)c1ccc2c(c1)c(C)c(C)n2Cc1ccccc1. The van der Waals surface area contributed by atoms with Crippen molar-refractivity contribution in [1.82, 2.24) is 14.3 Å². The van der Waals surface area contributed by atoms with Gasteiger partial charge in [0.15, 0.2) is 0 Å². The second-order valence-electron chi connectivity index (χ2n) is 9.26. The van der Waals surface area contributed by atoms with Gasteiger partial charge in [0.05, 0.1) is 23.6 Å². The van der Waals surface area contributed by atoms with E-state index in [1.807, 2.05) is 67.1 Å². The number of hydrogen-bond acceptors (Lipinski definition) is 2. The fourth-order valence-corrected chi connectivity index (χ4v) is 4.96. The van der Waals surface area contributed by atoms with Crippen molar-refractivity contribution in [2.24, 2.45) is 0 Å². The van der Waals surface area contributed by atoms with Gasteiger partial charge in [-0.25, -0.2) is 0 Å². The molecule has 0 saturated heterocycles. The first-order valence-corrected chi connectivity index (χ1v) is 12.4. The Balaban J connectivity index is 1.41. The highest BCUT2D eigenvalue weighted by Crippen LogP contribution is 2.28. The van der Waals surface area contributed by atoms with Gasteiger partial charge in [-0.1, -0.05) is 60.1 Å². The maximum Gasteiger partial charge on any atom is 0.255 e. The van der Waals surface area contributed by atoms with Crippen LogP contribution in [0.1, 0.15) is 44.1 Å². The Bertz CT molecular complexity index is 1580.